The van der Waals surface area contributed by atoms with Gasteiger partial charge < -0.3 is 4.74 Å². The van der Waals surface area contributed by atoms with Crippen molar-refractivity contribution in [2.24, 2.45) is 0 Å². The van der Waals surface area contributed by atoms with Crippen molar-refractivity contribution in [3.63, 3.8) is 0 Å². The second-order valence-electron chi connectivity index (χ2n) is 5.99. The Kier molecular flexibility index (Phi) is 4.74. The van der Waals surface area contributed by atoms with Crippen LogP contribution in [0.25, 0.3) is 6.08 Å². The van der Waals surface area contributed by atoms with E-state index in [2.05, 4.69) is 11.0 Å². The van der Waals surface area contributed by atoms with Gasteiger partial charge in [-0.2, -0.15) is 0 Å². The molecule has 0 saturated carbocycles. The van der Waals surface area contributed by atoms with Crippen molar-refractivity contribution in [2.45, 2.75) is 19.4 Å². The molecule has 0 spiro atoms. The van der Waals surface area contributed by atoms with Crippen LogP contribution in [-0.2, 0) is 9.84 Å². The molecular weight excluding hydrogens is 286 g/mol. The Morgan fingerprint density at radius 3 is 2.71 bits per heavy atom. The van der Waals surface area contributed by atoms with E-state index in [1.807, 2.05) is 44.2 Å². The summed E-state index contributed by atoms with van der Waals surface area (Å²) >= 11 is 0. The molecule has 116 valence electrons. The molecule has 0 aliphatic carbocycles. The van der Waals surface area contributed by atoms with Crippen molar-refractivity contribution in [1.82, 2.24) is 4.90 Å². The van der Waals surface area contributed by atoms with Gasteiger partial charge in [-0.3, -0.25) is 4.90 Å². The van der Waals surface area contributed by atoms with Crippen LogP contribution in [-0.4, -0.2) is 50.6 Å². The normalized spacial score (nSPS) is 21.5. The van der Waals surface area contributed by atoms with E-state index in [-0.39, 0.29) is 17.0 Å². The van der Waals surface area contributed by atoms with Crippen LogP contribution >= 0.6 is 0 Å². The third-order valence-corrected chi connectivity index (χ3v) is 5.81. The number of benzene rings is 1. The SMILES string of the molecule is COc1ccccc1C=CCN1CCS(=O)(=O)CC1(C)C. The quantitative estimate of drug-likeness (QED) is 0.855. The number of rotatable bonds is 4. The van der Waals surface area contributed by atoms with Crippen LogP contribution < -0.4 is 4.74 Å². The zero-order valence-corrected chi connectivity index (χ0v) is 13.7. The van der Waals surface area contributed by atoms with Crippen molar-refractivity contribution < 1.29 is 13.2 Å². The number of methoxy groups -OCH3 is 1. The first-order valence-corrected chi connectivity index (χ1v) is 8.91. The Morgan fingerprint density at radius 1 is 1.33 bits per heavy atom. The van der Waals surface area contributed by atoms with Gasteiger partial charge in [0.2, 0.25) is 0 Å². The van der Waals surface area contributed by atoms with E-state index in [0.717, 1.165) is 17.9 Å². The van der Waals surface area contributed by atoms with Gasteiger partial charge in [0.15, 0.2) is 9.84 Å². The molecule has 1 fully saturated rings. The number of nitrogens with zero attached hydrogens (tertiary/aromatic N) is 1. The predicted molar refractivity (Wildman–Crippen MR) is 86.3 cm³/mol. The molecule has 21 heavy (non-hydrogen) atoms. The van der Waals surface area contributed by atoms with Gasteiger partial charge in [-0.05, 0) is 19.9 Å². The molecule has 1 saturated heterocycles. The summed E-state index contributed by atoms with van der Waals surface area (Å²) < 4.78 is 28.8. The second kappa shape index (κ2) is 6.20. The number of sulfone groups is 1. The molecule has 0 atom stereocenters. The summed E-state index contributed by atoms with van der Waals surface area (Å²) in [6.45, 7) is 5.30. The lowest BCUT2D eigenvalue weighted by Gasteiger charge is -2.41. The van der Waals surface area contributed by atoms with Crippen LogP contribution in [0.5, 0.6) is 5.75 Å². The fraction of sp³-hybridized carbons (Fsp3) is 0.500. The number of ether oxygens (including phenoxy) is 1. The highest BCUT2D eigenvalue weighted by molar-refractivity contribution is 7.91. The fourth-order valence-electron chi connectivity index (χ4n) is 2.70. The van der Waals surface area contributed by atoms with Gasteiger partial charge in [-0.1, -0.05) is 30.4 Å². The van der Waals surface area contributed by atoms with Gasteiger partial charge in [-0.25, -0.2) is 8.42 Å². The summed E-state index contributed by atoms with van der Waals surface area (Å²) in [5.74, 6) is 1.32. The first-order chi connectivity index (χ1) is 9.84. The van der Waals surface area contributed by atoms with Gasteiger partial charge in [0.05, 0.1) is 18.6 Å². The first kappa shape index (κ1) is 16.0. The second-order valence-corrected chi connectivity index (χ2v) is 8.18. The third kappa shape index (κ3) is 4.08. The smallest absolute Gasteiger partial charge is 0.153 e. The lowest BCUT2D eigenvalue weighted by Crippen LogP contribution is -2.55. The van der Waals surface area contributed by atoms with Crippen molar-refractivity contribution in [3.05, 3.63) is 35.9 Å². The molecule has 1 aromatic carbocycles. The fourth-order valence-corrected chi connectivity index (χ4v) is 4.60. The molecule has 1 aromatic rings. The van der Waals surface area contributed by atoms with Crippen LogP contribution in [0.3, 0.4) is 0 Å². The minimum Gasteiger partial charge on any atom is -0.496 e. The topological polar surface area (TPSA) is 46.6 Å². The third-order valence-electron chi connectivity index (χ3n) is 3.86. The molecule has 1 heterocycles. The van der Waals surface area contributed by atoms with E-state index < -0.39 is 9.84 Å². The Balaban J connectivity index is 2.04. The molecule has 0 amide bonds. The van der Waals surface area contributed by atoms with Crippen LogP contribution in [0, 0.1) is 0 Å². The Hall–Kier alpha value is -1.33. The van der Waals surface area contributed by atoms with E-state index in [0.29, 0.717) is 6.54 Å². The van der Waals surface area contributed by atoms with Gasteiger partial charge in [0.25, 0.3) is 0 Å². The number of para-hydroxylation sites is 1. The summed E-state index contributed by atoms with van der Waals surface area (Å²) in [6.07, 6.45) is 4.09. The monoisotopic (exact) mass is 309 g/mol. The Morgan fingerprint density at radius 2 is 2.05 bits per heavy atom. The minimum atomic E-state index is -2.90. The molecule has 5 heteroatoms. The van der Waals surface area contributed by atoms with E-state index in [9.17, 15) is 8.42 Å². The maximum atomic E-state index is 11.7. The molecule has 1 aliphatic heterocycles. The van der Waals surface area contributed by atoms with Crippen molar-refractivity contribution in [2.75, 3.05) is 31.7 Å². The van der Waals surface area contributed by atoms with Gasteiger partial charge in [0, 0.05) is 24.2 Å². The van der Waals surface area contributed by atoms with Crippen LogP contribution in [0.1, 0.15) is 19.4 Å². The summed E-state index contributed by atoms with van der Waals surface area (Å²) in [6, 6.07) is 7.84. The molecule has 2 rings (SSSR count). The zero-order chi connectivity index (χ0) is 15.5. The van der Waals surface area contributed by atoms with E-state index in [1.165, 1.54) is 0 Å². The molecule has 1 aliphatic rings. The molecule has 4 nitrogen and oxygen atoms in total. The lowest BCUT2D eigenvalue weighted by atomic mass is 10.1. The van der Waals surface area contributed by atoms with Gasteiger partial charge in [0.1, 0.15) is 5.75 Å². The standard InChI is InChI=1S/C16H23NO3S/c1-16(2)13-21(18,19)12-11-17(16)10-6-8-14-7-4-5-9-15(14)20-3/h4-9H,10-13H2,1-3H3. The molecule has 0 radical (unpaired) electrons. The van der Waals surface area contributed by atoms with Gasteiger partial charge in [-0.15, -0.1) is 0 Å². The van der Waals surface area contributed by atoms with Crippen LogP contribution in [0.4, 0.5) is 0 Å². The highest BCUT2D eigenvalue weighted by Crippen LogP contribution is 2.23. The summed E-state index contributed by atoms with van der Waals surface area (Å²) in [5, 5.41) is 0. The molecule has 0 bridgehead atoms. The zero-order valence-electron chi connectivity index (χ0n) is 12.9. The predicted octanol–water partition coefficient (Wildman–Crippen LogP) is 2.22. The van der Waals surface area contributed by atoms with Crippen molar-refractivity contribution in [3.8, 4) is 5.75 Å². The summed E-state index contributed by atoms with van der Waals surface area (Å²) in [5.41, 5.74) is 0.713. The average molecular weight is 309 g/mol. The Labute approximate surface area is 127 Å². The minimum absolute atomic E-state index is 0.225. The molecule has 0 N–H and O–H groups in total. The first-order valence-electron chi connectivity index (χ1n) is 7.09. The molecular formula is C16H23NO3S. The summed E-state index contributed by atoms with van der Waals surface area (Å²) in [4.78, 5) is 2.21. The summed E-state index contributed by atoms with van der Waals surface area (Å²) in [7, 11) is -1.24. The van der Waals surface area contributed by atoms with Gasteiger partial charge >= 0.3 is 0 Å². The van der Waals surface area contributed by atoms with E-state index >= 15 is 0 Å². The van der Waals surface area contributed by atoms with E-state index in [1.54, 1.807) is 7.11 Å². The Bertz CT molecular complexity index is 620. The maximum Gasteiger partial charge on any atom is 0.153 e. The lowest BCUT2D eigenvalue weighted by molar-refractivity contribution is 0.158. The largest absolute Gasteiger partial charge is 0.496 e. The van der Waals surface area contributed by atoms with Crippen LogP contribution in [0.15, 0.2) is 30.3 Å². The number of hydrogen-bond donors (Lipinski definition) is 0. The number of hydrogen-bond acceptors (Lipinski definition) is 4. The van der Waals surface area contributed by atoms with Crippen molar-refractivity contribution in [1.29, 1.82) is 0 Å². The maximum absolute atomic E-state index is 11.7. The van der Waals surface area contributed by atoms with Crippen molar-refractivity contribution >= 4 is 15.9 Å². The van der Waals surface area contributed by atoms with Crippen LogP contribution in [0.2, 0.25) is 0 Å². The highest BCUT2D eigenvalue weighted by Gasteiger charge is 2.36. The highest BCUT2D eigenvalue weighted by atomic mass is 32.2. The average Bonchev–Trinajstić information content (AvgIpc) is 2.40. The molecule has 0 unspecified atom stereocenters. The molecule has 0 aromatic heterocycles. The van der Waals surface area contributed by atoms with E-state index in [4.69, 9.17) is 4.74 Å².